The lowest BCUT2D eigenvalue weighted by Gasteiger charge is -2.11. The van der Waals surface area contributed by atoms with E-state index in [0.717, 1.165) is 29.5 Å². The lowest BCUT2D eigenvalue weighted by atomic mass is 9.97. The normalized spacial score (nSPS) is 13.4. The summed E-state index contributed by atoms with van der Waals surface area (Å²) in [6, 6.07) is 4.32. The molecule has 0 saturated carbocycles. The van der Waals surface area contributed by atoms with Crippen molar-refractivity contribution in [3.8, 4) is 11.5 Å². The first-order valence-corrected chi connectivity index (χ1v) is 9.49. The third-order valence-electron chi connectivity index (χ3n) is 4.64. The van der Waals surface area contributed by atoms with Gasteiger partial charge in [0, 0.05) is 4.88 Å². The molecular weight excluding hydrogens is 366 g/mol. The molecule has 3 N–H and O–H groups in total. The summed E-state index contributed by atoms with van der Waals surface area (Å²) in [5.74, 6) is 0.380. The molecule has 1 aliphatic rings. The van der Waals surface area contributed by atoms with Crippen LogP contribution in [-0.2, 0) is 24.2 Å². The van der Waals surface area contributed by atoms with Crippen LogP contribution >= 0.6 is 11.3 Å². The molecule has 0 spiro atoms. The van der Waals surface area contributed by atoms with Crippen LogP contribution in [0.15, 0.2) is 18.2 Å². The lowest BCUT2D eigenvalue weighted by molar-refractivity contribution is 0.0462. The molecule has 4 rings (SSSR count). The zero-order valence-electron chi connectivity index (χ0n) is 14.8. The van der Waals surface area contributed by atoms with Crippen LogP contribution in [0.2, 0.25) is 0 Å². The number of thiophene rings is 1. The SMILES string of the molecule is COc1ccc(C(=O)OCc2nc(N)c3c4c(sc3n2)CCCC4)cc1O. The molecule has 2 aromatic heterocycles. The lowest BCUT2D eigenvalue weighted by Crippen LogP contribution is -2.09. The van der Waals surface area contributed by atoms with Crippen LogP contribution in [0.4, 0.5) is 5.82 Å². The van der Waals surface area contributed by atoms with Crippen LogP contribution in [0, 0.1) is 0 Å². The monoisotopic (exact) mass is 385 g/mol. The maximum Gasteiger partial charge on any atom is 0.338 e. The number of carbonyl (C=O) groups excluding carboxylic acids is 1. The Hall–Kier alpha value is -2.87. The van der Waals surface area contributed by atoms with Gasteiger partial charge in [-0.3, -0.25) is 0 Å². The minimum atomic E-state index is -0.583. The fourth-order valence-corrected chi connectivity index (χ4v) is 4.61. The molecule has 1 aromatic carbocycles. The standard InChI is InChI=1S/C19H19N3O4S/c1-25-13-7-6-10(8-12(13)23)19(24)26-9-15-21-17(20)16-11-4-2-3-5-14(11)27-18(16)22-15/h6-8,23H,2-5,9H2,1H3,(H2,20,21,22). The van der Waals surface area contributed by atoms with Crippen molar-refractivity contribution in [2.75, 3.05) is 12.8 Å². The molecule has 27 heavy (non-hydrogen) atoms. The summed E-state index contributed by atoms with van der Waals surface area (Å²) < 4.78 is 10.2. The predicted octanol–water partition coefficient (Wildman–Crippen LogP) is 3.22. The van der Waals surface area contributed by atoms with Crippen molar-refractivity contribution in [3.63, 3.8) is 0 Å². The van der Waals surface area contributed by atoms with Crippen LogP contribution in [-0.4, -0.2) is 28.2 Å². The molecule has 3 aromatic rings. The van der Waals surface area contributed by atoms with Crippen molar-refractivity contribution in [1.29, 1.82) is 0 Å². The van der Waals surface area contributed by atoms with Crippen LogP contribution in [0.25, 0.3) is 10.2 Å². The Balaban J connectivity index is 1.53. The average Bonchev–Trinajstić information content (AvgIpc) is 3.04. The number of benzene rings is 1. The van der Waals surface area contributed by atoms with E-state index in [1.165, 1.54) is 42.2 Å². The Kier molecular flexibility index (Phi) is 4.57. The summed E-state index contributed by atoms with van der Waals surface area (Å²) in [6.45, 7) is -0.0890. The summed E-state index contributed by atoms with van der Waals surface area (Å²) in [5.41, 5.74) is 7.65. The van der Waals surface area contributed by atoms with Gasteiger partial charge in [0.25, 0.3) is 0 Å². The Morgan fingerprint density at radius 3 is 2.89 bits per heavy atom. The highest BCUT2D eigenvalue weighted by Crippen LogP contribution is 2.37. The number of aryl methyl sites for hydroxylation is 2. The van der Waals surface area contributed by atoms with Crippen molar-refractivity contribution in [2.45, 2.75) is 32.3 Å². The van der Waals surface area contributed by atoms with E-state index >= 15 is 0 Å². The quantitative estimate of drug-likeness (QED) is 0.664. The molecule has 0 saturated heterocycles. The molecule has 140 valence electrons. The van der Waals surface area contributed by atoms with Gasteiger partial charge in [0.1, 0.15) is 10.6 Å². The number of methoxy groups -OCH3 is 1. The summed E-state index contributed by atoms with van der Waals surface area (Å²) in [6.07, 6.45) is 4.41. The summed E-state index contributed by atoms with van der Waals surface area (Å²) in [4.78, 5) is 23.3. The Labute approximate surface area is 159 Å². The van der Waals surface area contributed by atoms with Crippen molar-refractivity contribution < 1.29 is 19.4 Å². The zero-order valence-corrected chi connectivity index (χ0v) is 15.6. The van der Waals surface area contributed by atoms with E-state index in [1.54, 1.807) is 11.3 Å². The van der Waals surface area contributed by atoms with E-state index in [2.05, 4.69) is 9.97 Å². The molecular formula is C19H19N3O4S. The van der Waals surface area contributed by atoms with Gasteiger partial charge in [0.2, 0.25) is 0 Å². The molecule has 7 nitrogen and oxygen atoms in total. The smallest absolute Gasteiger partial charge is 0.338 e. The van der Waals surface area contributed by atoms with E-state index in [9.17, 15) is 9.90 Å². The predicted molar refractivity (Wildman–Crippen MR) is 102 cm³/mol. The largest absolute Gasteiger partial charge is 0.504 e. The maximum absolute atomic E-state index is 12.2. The number of ether oxygens (including phenoxy) is 2. The highest BCUT2D eigenvalue weighted by atomic mass is 32.1. The van der Waals surface area contributed by atoms with Gasteiger partial charge in [0.15, 0.2) is 23.9 Å². The fraction of sp³-hybridized carbons (Fsp3) is 0.316. The van der Waals surface area contributed by atoms with Crippen molar-refractivity contribution in [3.05, 3.63) is 40.0 Å². The molecule has 8 heteroatoms. The Morgan fingerprint density at radius 2 is 2.11 bits per heavy atom. The number of anilines is 1. The number of nitrogens with zero attached hydrogens (tertiary/aromatic N) is 2. The number of aromatic hydroxyl groups is 1. The fourth-order valence-electron chi connectivity index (χ4n) is 3.33. The van der Waals surface area contributed by atoms with E-state index in [4.69, 9.17) is 15.2 Å². The second-order valence-electron chi connectivity index (χ2n) is 6.38. The number of esters is 1. The maximum atomic E-state index is 12.2. The van der Waals surface area contributed by atoms with E-state index < -0.39 is 5.97 Å². The first kappa shape index (κ1) is 17.5. The van der Waals surface area contributed by atoms with E-state index in [0.29, 0.717) is 11.6 Å². The molecule has 0 fully saturated rings. The second-order valence-corrected chi connectivity index (χ2v) is 7.46. The second kappa shape index (κ2) is 7.03. The van der Waals surface area contributed by atoms with Crippen molar-refractivity contribution >= 4 is 33.3 Å². The third kappa shape index (κ3) is 3.28. The minimum Gasteiger partial charge on any atom is -0.504 e. The van der Waals surface area contributed by atoms with Crippen LogP contribution in [0.1, 0.15) is 39.5 Å². The molecule has 0 radical (unpaired) electrons. The number of hydrogen-bond donors (Lipinski definition) is 2. The molecule has 1 aliphatic carbocycles. The van der Waals surface area contributed by atoms with Gasteiger partial charge in [0.05, 0.1) is 18.1 Å². The molecule has 0 amide bonds. The number of phenols is 1. The first-order valence-electron chi connectivity index (χ1n) is 8.67. The molecule has 0 atom stereocenters. The number of rotatable bonds is 4. The summed E-state index contributed by atoms with van der Waals surface area (Å²) >= 11 is 1.65. The van der Waals surface area contributed by atoms with Crippen LogP contribution < -0.4 is 10.5 Å². The summed E-state index contributed by atoms with van der Waals surface area (Å²) in [5, 5.41) is 10.7. The van der Waals surface area contributed by atoms with Crippen molar-refractivity contribution in [2.24, 2.45) is 0 Å². The Bertz CT molecular complexity index is 1030. The van der Waals surface area contributed by atoms with Crippen LogP contribution in [0.5, 0.6) is 11.5 Å². The average molecular weight is 385 g/mol. The highest BCUT2D eigenvalue weighted by Gasteiger charge is 2.20. The number of fused-ring (bicyclic) bond motifs is 3. The Morgan fingerprint density at radius 1 is 1.30 bits per heavy atom. The first-order chi connectivity index (χ1) is 13.1. The van der Waals surface area contributed by atoms with Gasteiger partial charge in [-0.2, -0.15) is 0 Å². The van der Waals surface area contributed by atoms with Gasteiger partial charge in [-0.05, 0) is 49.4 Å². The van der Waals surface area contributed by atoms with E-state index in [-0.39, 0.29) is 23.7 Å². The van der Waals surface area contributed by atoms with Gasteiger partial charge in [-0.1, -0.05) is 0 Å². The topological polar surface area (TPSA) is 108 Å². The van der Waals surface area contributed by atoms with Crippen LogP contribution in [0.3, 0.4) is 0 Å². The molecule has 0 bridgehead atoms. The minimum absolute atomic E-state index is 0.0890. The molecule has 0 aliphatic heterocycles. The van der Waals surface area contributed by atoms with Gasteiger partial charge >= 0.3 is 5.97 Å². The molecule has 2 heterocycles. The number of carbonyl (C=O) groups is 1. The van der Waals surface area contributed by atoms with Gasteiger partial charge in [-0.25, -0.2) is 14.8 Å². The number of nitrogens with two attached hydrogens (primary N) is 1. The van der Waals surface area contributed by atoms with E-state index in [1.807, 2.05) is 0 Å². The zero-order chi connectivity index (χ0) is 19.0. The van der Waals surface area contributed by atoms with Gasteiger partial charge in [-0.15, -0.1) is 11.3 Å². The third-order valence-corrected chi connectivity index (χ3v) is 5.82. The number of phenolic OH excluding ortho intramolecular Hbond substituents is 1. The van der Waals surface area contributed by atoms with Gasteiger partial charge < -0.3 is 20.3 Å². The van der Waals surface area contributed by atoms with Crippen molar-refractivity contribution in [1.82, 2.24) is 9.97 Å². The highest BCUT2D eigenvalue weighted by molar-refractivity contribution is 7.19. The molecule has 0 unspecified atom stereocenters. The summed E-state index contributed by atoms with van der Waals surface area (Å²) in [7, 11) is 1.44. The number of hydrogen-bond acceptors (Lipinski definition) is 8. The number of aromatic nitrogens is 2. The number of nitrogen functional groups attached to an aromatic ring is 1.